The van der Waals surface area contributed by atoms with Crippen molar-refractivity contribution in [2.24, 2.45) is 0 Å². The maximum Gasteiger partial charge on any atom is 0.352 e. The van der Waals surface area contributed by atoms with Gasteiger partial charge < -0.3 is 10.2 Å². The lowest BCUT2D eigenvalue weighted by molar-refractivity contribution is -0.187. The maximum atomic E-state index is 11.4. The lowest BCUT2D eigenvalue weighted by Crippen LogP contribution is -2.44. The topological polar surface area (TPSA) is 41.6 Å². The van der Waals surface area contributed by atoms with Gasteiger partial charge in [-0.15, -0.1) is 5.06 Å². The van der Waals surface area contributed by atoms with E-state index in [-0.39, 0.29) is 5.97 Å². The number of hydrogen-bond donors (Lipinski definition) is 1. The molecule has 4 nitrogen and oxygen atoms in total. The van der Waals surface area contributed by atoms with E-state index in [4.69, 9.17) is 4.84 Å². The van der Waals surface area contributed by atoms with Crippen LogP contribution in [-0.2, 0) is 9.63 Å². The third-order valence-corrected chi connectivity index (χ3v) is 2.12. The fourth-order valence-electron chi connectivity index (χ4n) is 1.31. The SMILES string of the molecule is CCC=C(C)C(=O)ON1CCNCC1. The molecule has 1 rings (SSSR count). The van der Waals surface area contributed by atoms with Crippen LogP contribution in [0.25, 0.3) is 0 Å². The first-order chi connectivity index (χ1) is 6.74. The molecule has 0 spiro atoms. The Labute approximate surface area is 84.9 Å². The molecule has 0 atom stereocenters. The zero-order chi connectivity index (χ0) is 10.4. The van der Waals surface area contributed by atoms with E-state index < -0.39 is 0 Å². The van der Waals surface area contributed by atoms with E-state index in [9.17, 15) is 4.79 Å². The molecule has 0 radical (unpaired) electrons. The third kappa shape index (κ3) is 3.47. The maximum absolute atomic E-state index is 11.4. The molecule has 14 heavy (non-hydrogen) atoms. The smallest absolute Gasteiger partial charge is 0.352 e. The van der Waals surface area contributed by atoms with E-state index in [1.54, 1.807) is 12.0 Å². The molecule has 0 saturated carbocycles. The molecule has 1 heterocycles. The van der Waals surface area contributed by atoms with Crippen molar-refractivity contribution in [3.8, 4) is 0 Å². The zero-order valence-corrected chi connectivity index (χ0v) is 8.88. The second-order valence-electron chi connectivity index (χ2n) is 3.35. The first kappa shape index (κ1) is 11.2. The number of rotatable bonds is 3. The summed E-state index contributed by atoms with van der Waals surface area (Å²) >= 11 is 0. The number of nitrogens with zero attached hydrogens (tertiary/aromatic N) is 1. The highest BCUT2D eigenvalue weighted by molar-refractivity contribution is 5.87. The Bertz CT molecular complexity index is 220. The molecular formula is C10H18N2O2. The molecule has 1 fully saturated rings. The molecular weight excluding hydrogens is 180 g/mol. The van der Waals surface area contributed by atoms with Crippen molar-refractivity contribution >= 4 is 5.97 Å². The molecule has 1 aliphatic rings. The molecule has 1 N–H and O–H groups in total. The number of allylic oxidation sites excluding steroid dienone is 1. The van der Waals surface area contributed by atoms with Gasteiger partial charge in [0.25, 0.3) is 0 Å². The van der Waals surface area contributed by atoms with Gasteiger partial charge in [-0.3, -0.25) is 0 Å². The fourth-order valence-corrected chi connectivity index (χ4v) is 1.31. The summed E-state index contributed by atoms with van der Waals surface area (Å²) in [7, 11) is 0. The molecule has 0 aromatic carbocycles. The first-order valence-electron chi connectivity index (χ1n) is 5.08. The van der Waals surface area contributed by atoms with Crippen LogP contribution in [0.4, 0.5) is 0 Å². The van der Waals surface area contributed by atoms with Gasteiger partial charge in [-0.25, -0.2) is 4.79 Å². The van der Waals surface area contributed by atoms with Crippen LogP contribution in [0.15, 0.2) is 11.6 Å². The van der Waals surface area contributed by atoms with Crippen LogP contribution in [-0.4, -0.2) is 37.2 Å². The predicted molar refractivity (Wildman–Crippen MR) is 54.6 cm³/mol. The van der Waals surface area contributed by atoms with Gasteiger partial charge in [0, 0.05) is 31.8 Å². The summed E-state index contributed by atoms with van der Waals surface area (Å²) in [5.41, 5.74) is 0.686. The van der Waals surface area contributed by atoms with Gasteiger partial charge in [0.15, 0.2) is 0 Å². The molecule has 0 aliphatic carbocycles. The Morgan fingerprint density at radius 3 is 2.71 bits per heavy atom. The van der Waals surface area contributed by atoms with Crippen molar-refractivity contribution < 1.29 is 9.63 Å². The minimum atomic E-state index is -0.228. The van der Waals surface area contributed by atoms with E-state index >= 15 is 0 Å². The molecule has 0 aromatic heterocycles. The van der Waals surface area contributed by atoms with E-state index in [0.29, 0.717) is 5.57 Å². The molecule has 80 valence electrons. The number of carbonyl (C=O) groups excluding carboxylic acids is 1. The normalized spacial score (nSPS) is 19.4. The van der Waals surface area contributed by atoms with Gasteiger partial charge in [0.05, 0.1) is 0 Å². The second-order valence-corrected chi connectivity index (χ2v) is 3.35. The molecule has 0 amide bonds. The van der Waals surface area contributed by atoms with Crippen LogP contribution in [0, 0.1) is 0 Å². The summed E-state index contributed by atoms with van der Waals surface area (Å²) in [5.74, 6) is -0.228. The average molecular weight is 198 g/mol. The van der Waals surface area contributed by atoms with E-state index in [0.717, 1.165) is 32.6 Å². The van der Waals surface area contributed by atoms with Crippen LogP contribution >= 0.6 is 0 Å². The molecule has 0 bridgehead atoms. The van der Waals surface area contributed by atoms with Crippen molar-refractivity contribution in [1.82, 2.24) is 10.4 Å². The van der Waals surface area contributed by atoms with Crippen LogP contribution in [0.5, 0.6) is 0 Å². The van der Waals surface area contributed by atoms with Crippen molar-refractivity contribution in [3.63, 3.8) is 0 Å². The molecule has 4 heteroatoms. The highest BCUT2D eigenvalue weighted by Crippen LogP contribution is 2.02. The van der Waals surface area contributed by atoms with Gasteiger partial charge in [-0.1, -0.05) is 13.0 Å². The van der Waals surface area contributed by atoms with E-state index in [1.807, 2.05) is 13.0 Å². The summed E-state index contributed by atoms with van der Waals surface area (Å²) in [4.78, 5) is 16.6. The molecule has 1 aliphatic heterocycles. The van der Waals surface area contributed by atoms with Crippen molar-refractivity contribution in [3.05, 3.63) is 11.6 Å². The van der Waals surface area contributed by atoms with E-state index in [1.165, 1.54) is 0 Å². The van der Waals surface area contributed by atoms with Gasteiger partial charge in [0.2, 0.25) is 0 Å². The number of hydrogen-bond acceptors (Lipinski definition) is 4. The Morgan fingerprint density at radius 2 is 2.14 bits per heavy atom. The molecule has 0 unspecified atom stereocenters. The van der Waals surface area contributed by atoms with Crippen LogP contribution < -0.4 is 5.32 Å². The van der Waals surface area contributed by atoms with Crippen molar-refractivity contribution in [1.29, 1.82) is 0 Å². The van der Waals surface area contributed by atoms with Crippen LogP contribution in [0.1, 0.15) is 20.3 Å². The van der Waals surface area contributed by atoms with Gasteiger partial charge >= 0.3 is 5.97 Å². The number of piperazine rings is 1. The Hall–Kier alpha value is -0.870. The third-order valence-electron chi connectivity index (χ3n) is 2.12. The number of hydroxylamine groups is 2. The summed E-state index contributed by atoms with van der Waals surface area (Å²) in [6, 6.07) is 0. The van der Waals surface area contributed by atoms with Crippen molar-refractivity contribution in [2.75, 3.05) is 26.2 Å². The summed E-state index contributed by atoms with van der Waals surface area (Å²) < 4.78 is 0. The van der Waals surface area contributed by atoms with E-state index in [2.05, 4.69) is 5.32 Å². The first-order valence-corrected chi connectivity index (χ1v) is 5.08. The Balaban J connectivity index is 2.35. The molecule has 1 saturated heterocycles. The number of nitrogens with one attached hydrogen (secondary N) is 1. The Morgan fingerprint density at radius 1 is 1.50 bits per heavy atom. The monoisotopic (exact) mass is 198 g/mol. The quantitative estimate of drug-likeness (QED) is 0.678. The average Bonchev–Trinajstić information content (AvgIpc) is 2.19. The summed E-state index contributed by atoms with van der Waals surface area (Å²) in [6.07, 6.45) is 2.74. The zero-order valence-electron chi connectivity index (χ0n) is 8.88. The minimum Gasteiger partial charge on any atom is -0.364 e. The Kier molecular flexibility index (Phi) is 4.62. The highest BCUT2D eigenvalue weighted by Gasteiger charge is 2.15. The van der Waals surface area contributed by atoms with Gasteiger partial charge in [-0.2, -0.15) is 0 Å². The largest absolute Gasteiger partial charge is 0.364 e. The predicted octanol–water partition coefficient (Wildman–Crippen LogP) is 0.706. The van der Waals surface area contributed by atoms with Crippen LogP contribution in [0.3, 0.4) is 0 Å². The van der Waals surface area contributed by atoms with Crippen LogP contribution in [0.2, 0.25) is 0 Å². The summed E-state index contributed by atoms with van der Waals surface area (Å²) in [6.45, 7) is 7.08. The summed E-state index contributed by atoms with van der Waals surface area (Å²) in [5, 5.41) is 4.91. The number of carbonyl (C=O) groups is 1. The second kappa shape index (κ2) is 5.78. The fraction of sp³-hybridized carbons (Fsp3) is 0.700. The highest BCUT2D eigenvalue weighted by atomic mass is 16.7. The van der Waals surface area contributed by atoms with Gasteiger partial charge in [-0.05, 0) is 13.3 Å². The standard InChI is InChI=1S/C10H18N2O2/c1-3-4-9(2)10(13)14-12-7-5-11-6-8-12/h4,11H,3,5-8H2,1-2H3. The lowest BCUT2D eigenvalue weighted by Gasteiger charge is -2.25. The molecule has 0 aromatic rings. The minimum absolute atomic E-state index is 0.228. The van der Waals surface area contributed by atoms with Gasteiger partial charge in [0.1, 0.15) is 0 Å². The van der Waals surface area contributed by atoms with Crippen molar-refractivity contribution in [2.45, 2.75) is 20.3 Å². The lowest BCUT2D eigenvalue weighted by atomic mass is 10.2.